The molecule has 16 heavy (non-hydrogen) atoms. The first-order valence-electron chi connectivity index (χ1n) is 5.61. The van der Waals surface area contributed by atoms with Gasteiger partial charge in [-0.1, -0.05) is 49.5 Å². The molecule has 88 valence electrons. The maximum atomic E-state index is 6.58. The number of nitrogens with two attached hydrogens (primary N) is 1. The van der Waals surface area contributed by atoms with Gasteiger partial charge in [0, 0.05) is 5.54 Å². The van der Waals surface area contributed by atoms with E-state index in [1.165, 1.54) is 6.42 Å². The standard InChI is InChI=1S/C13H17Cl2N/c1-12(2)6-3-7-13(12,16)9-4-5-10(14)11(15)8-9/h4-5,8H,3,6-7,16H2,1-2H3. The van der Waals surface area contributed by atoms with Crippen LogP contribution in [0.1, 0.15) is 38.7 Å². The van der Waals surface area contributed by atoms with E-state index in [1.54, 1.807) is 0 Å². The average molecular weight is 258 g/mol. The highest BCUT2D eigenvalue weighted by atomic mass is 35.5. The van der Waals surface area contributed by atoms with Gasteiger partial charge in [0.25, 0.3) is 0 Å². The number of rotatable bonds is 1. The number of hydrogen-bond acceptors (Lipinski definition) is 1. The molecular weight excluding hydrogens is 241 g/mol. The normalized spacial score (nSPS) is 28.3. The van der Waals surface area contributed by atoms with Crippen LogP contribution in [0.3, 0.4) is 0 Å². The Kier molecular flexibility index (Phi) is 2.98. The van der Waals surface area contributed by atoms with Crippen molar-refractivity contribution in [3.8, 4) is 0 Å². The molecule has 0 amide bonds. The molecule has 1 aliphatic carbocycles. The van der Waals surface area contributed by atoms with E-state index < -0.39 is 0 Å². The van der Waals surface area contributed by atoms with Crippen LogP contribution in [-0.4, -0.2) is 0 Å². The summed E-state index contributed by atoms with van der Waals surface area (Å²) in [5, 5.41) is 1.18. The lowest BCUT2D eigenvalue weighted by Crippen LogP contribution is -2.45. The van der Waals surface area contributed by atoms with Crippen molar-refractivity contribution in [1.82, 2.24) is 0 Å². The Hall–Kier alpha value is -0.240. The molecule has 1 saturated carbocycles. The molecule has 1 aromatic rings. The minimum atomic E-state index is -0.277. The van der Waals surface area contributed by atoms with Crippen molar-refractivity contribution in [1.29, 1.82) is 0 Å². The molecule has 1 nitrogen and oxygen atoms in total. The fourth-order valence-corrected chi connectivity index (χ4v) is 2.98. The van der Waals surface area contributed by atoms with Gasteiger partial charge in [0.1, 0.15) is 0 Å². The molecule has 1 fully saturated rings. The molecule has 3 heteroatoms. The molecule has 0 radical (unpaired) electrons. The van der Waals surface area contributed by atoms with E-state index in [4.69, 9.17) is 28.9 Å². The van der Waals surface area contributed by atoms with Gasteiger partial charge in [-0.05, 0) is 36.0 Å². The second-order valence-corrected chi connectivity index (χ2v) is 6.15. The van der Waals surface area contributed by atoms with Gasteiger partial charge >= 0.3 is 0 Å². The summed E-state index contributed by atoms with van der Waals surface area (Å²) >= 11 is 12.0. The lowest BCUT2D eigenvalue weighted by atomic mass is 9.71. The molecule has 0 bridgehead atoms. The van der Waals surface area contributed by atoms with E-state index in [0.29, 0.717) is 10.0 Å². The molecule has 1 aliphatic rings. The Balaban J connectivity index is 2.47. The van der Waals surface area contributed by atoms with E-state index >= 15 is 0 Å². The van der Waals surface area contributed by atoms with E-state index in [0.717, 1.165) is 18.4 Å². The average Bonchev–Trinajstić information content (AvgIpc) is 2.47. The third-order valence-corrected chi connectivity index (χ3v) is 4.75. The molecule has 2 rings (SSSR count). The van der Waals surface area contributed by atoms with Gasteiger partial charge in [-0.2, -0.15) is 0 Å². The lowest BCUT2D eigenvalue weighted by molar-refractivity contribution is 0.210. The lowest BCUT2D eigenvalue weighted by Gasteiger charge is -2.39. The van der Waals surface area contributed by atoms with Crippen LogP contribution in [-0.2, 0) is 5.54 Å². The van der Waals surface area contributed by atoms with Crippen LogP contribution in [0.5, 0.6) is 0 Å². The Morgan fingerprint density at radius 2 is 1.81 bits per heavy atom. The Bertz CT molecular complexity index is 414. The van der Waals surface area contributed by atoms with Gasteiger partial charge in [0.2, 0.25) is 0 Å². The monoisotopic (exact) mass is 257 g/mol. The Morgan fingerprint density at radius 1 is 1.12 bits per heavy atom. The summed E-state index contributed by atoms with van der Waals surface area (Å²) in [6, 6.07) is 5.75. The van der Waals surface area contributed by atoms with E-state index in [9.17, 15) is 0 Å². The van der Waals surface area contributed by atoms with Gasteiger partial charge in [-0.3, -0.25) is 0 Å². The van der Waals surface area contributed by atoms with E-state index in [2.05, 4.69) is 13.8 Å². The van der Waals surface area contributed by atoms with Crippen molar-refractivity contribution in [2.24, 2.45) is 11.1 Å². The topological polar surface area (TPSA) is 26.0 Å². The highest BCUT2D eigenvalue weighted by Gasteiger charge is 2.46. The third kappa shape index (κ3) is 1.75. The van der Waals surface area contributed by atoms with Crippen molar-refractivity contribution in [3.63, 3.8) is 0 Å². The molecule has 1 aromatic carbocycles. The van der Waals surface area contributed by atoms with Gasteiger partial charge in [0.15, 0.2) is 0 Å². The van der Waals surface area contributed by atoms with Crippen LogP contribution in [0.15, 0.2) is 18.2 Å². The maximum absolute atomic E-state index is 6.58. The number of hydrogen-bond donors (Lipinski definition) is 1. The first-order chi connectivity index (χ1) is 7.37. The van der Waals surface area contributed by atoms with Crippen LogP contribution in [0.25, 0.3) is 0 Å². The van der Waals surface area contributed by atoms with Gasteiger partial charge in [0.05, 0.1) is 10.0 Å². The van der Waals surface area contributed by atoms with Crippen molar-refractivity contribution < 1.29 is 0 Å². The van der Waals surface area contributed by atoms with Gasteiger partial charge in [-0.15, -0.1) is 0 Å². The summed E-state index contributed by atoms with van der Waals surface area (Å²) in [4.78, 5) is 0. The quantitative estimate of drug-likeness (QED) is 0.795. The fourth-order valence-electron chi connectivity index (χ4n) is 2.68. The van der Waals surface area contributed by atoms with E-state index in [-0.39, 0.29) is 11.0 Å². The second-order valence-electron chi connectivity index (χ2n) is 5.34. The summed E-state index contributed by atoms with van der Waals surface area (Å²) in [5.41, 5.74) is 7.52. The third-order valence-electron chi connectivity index (χ3n) is 4.02. The number of halogens is 2. The summed E-state index contributed by atoms with van der Waals surface area (Å²) in [6.07, 6.45) is 3.34. The predicted octanol–water partition coefficient (Wildman–Crippen LogP) is 4.36. The zero-order chi connectivity index (χ0) is 12.0. The first kappa shape index (κ1) is 12.2. The van der Waals surface area contributed by atoms with Crippen molar-refractivity contribution >= 4 is 23.2 Å². The summed E-state index contributed by atoms with van der Waals surface area (Å²) in [7, 11) is 0. The number of benzene rings is 1. The Morgan fingerprint density at radius 3 is 2.31 bits per heavy atom. The molecule has 0 aliphatic heterocycles. The summed E-state index contributed by atoms with van der Waals surface area (Å²) in [5.74, 6) is 0. The van der Waals surface area contributed by atoms with Crippen LogP contribution in [0.2, 0.25) is 10.0 Å². The molecular formula is C13H17Cl2N. The SMILES string of the molecule is CC1(C)CCCC1(N)c1ccc(Cl)c(Cl)c1. The van der Waals surface area contributed by atoms with Crippen molar-refractivity contribution in [2.75, 3.05) is 0 Å². The molecule has 1 atom stereocenters. The summed E-state index contributed by atoms with van der Waals surface area (Å²) < 4.78 is 0. The largest absolute Gasteiger partial charge is 0.321 e. The van der Waals surface area contributed by atoms with Crippen LogP contribution in [0.4, 0.5) is 0 Å². The molecule has 0 heterocycles. The summed E-state index contributed by atoms with van der Waals surface area (Å²) in [6.45, 7) is 4.45. The van der Waals surface area contributed by atoms with Crippen LogP contribution in [0, 0.1) is 5.41 Å². The molecule has 1 unspecified atom stereocenters. The molecule has 0 saturated heterocycles. The van der Waals surface area contributed by atoms with E-state index in [1.807, 2.05) is 18.2 Å². The highest BCUT2D eigenvalue weighted by Crippen LogP contribution is 2.50. The Labute approximate surface area is 107 Å². The molecule has 0 spiro atoms. The second kappa shape index (κ2) is 3.90. The minimum Gasteiger partial charge on any atom is -0.321 e. The van der Waals surface area contributed by atoms with Gasteiger partial charge in [-0.25, -0.2) is 0 Å². The highest BCUT2D eigenvalue weighted by molar-refractivity contribution is 6.42. The van der Waals surface area contributed by atoms with Crippen molar-refractivity contribution in [2.45, 2.75) is 38.6 Å². The predicted molar refractivity (Wildman–Crippen MR) is 70.0 cm³/mol. The molecule has 2 N–H and O–H groups in total. The van der Waals surface area contributed by atoms with Gasteiger partial charge < -0.3 is 5.73 Å². The smallest absolute Gasteiger partial charge is 0.0595 e. The minimum absolute atomic E-state index is 0.115. The zero-order valence-corrected chi connectivity index (χ0v) is 11.2. The van der Waals surface area contributed by atoms with Crippen molar-refractivity contribution in [3.05, 3.63) is 33.8 Å². The van der Waals surface area contributed by atoms with Crippen LogP contribution < -0.4 is 5.73 Å². The zero-order valence-electron chi connectivity index (χ0n) is 9.69. The maximum Gasteiger partial charge on any atom is 0.0595 e. The fraction of sp³-hybridized carbons (Fsp3) is 0.538. The molecule has 0 aromatic heterocycles. The van der Waals surface area contributed by atoms with Crippen LogP contribution >= 0.6 is 23.2 Å². The first-order valence-corrected chi connectivity index (χ1v) is 6.37.